The Bertz CT molecular complexity index is 385. The second kappa shape index (κ2) is 6.54. The van der Waals surface area contributed by atoms with Crippen molar-refractivity contribution in [1.29, 1.82) is 0 Å². The van der Waals surface area contributed by atoms with Crippen LogP contribution in [0.4, 0.5) is 0 Å². The molecule has 0 fully saturated rings. The number of likely N-dealkylation sites (N-methyl/N-ethyl adjacent to an activating group) is 1. The Morgan fingerprint density at radius 3 is 2.61 bits per heavy atom. The molecule has 0 aliphatic rings. The van der Waals surface area contributed by atoms with Crippen molar-refractivity contribution in [1.82, 2.24) is 10.1 Å². The highest BCUT2D eigenvalue weighted by Gasteiger charge is 2.22. The summed E-state index contributed by atoms with van der Waals surface area (Å²) in [6, 6.07) is 1.74. The number of nitrogens with two attached hydrogens (primary N) is 1. The van der Waals surface area contributed by atoms with Gasteiger partial charge in [0.1, 0.15) is 0 Å². The minimum atomic E-state index is -0.169. The van der Waals surface area contributed by atoms with Crippen molar-refractivity contribution >= 4 is 5.91 Å². The van der Waals surface area contributed by atoms with E-state index in [0.29, 0.717) is 18.2 Å². The predicted molar refractivity (Wildman–Crippen MR) is 70.4 cm³/mol. The van der Waals surface area contributed by atoms with Gasteiger partial charge in [-0.2, -0.15) is 0 Å². The van der Waals surface area contributed by atoms with Crippen LogP contribution in [0.2, 0.25) is 0 Å². The third-order valence-corrected chi connectivity index (χ3v) is 3.47. The van der Waals surface area contributed by atoms with Crippen LogP contribution in [0.5, 0.6) is 0 Å². The number of carbonyl (C=O) groups excluding carboxylic acids is 1. The molecule has 1 unspecified atom stereocenters. The van der Waals surface area contributed by atoms with Crippen molar-refractivity contribution < 1.29 is 9.32 Å². The van der Waals surface area contributed by atoms with Gasteiger partial charge in [0.05, 0.1) is 5.69 Å². The van der Waals surface area contributed by atoms with Crippen LogP contribution in [-0.4, -0.2) is 35.6 Å². The lowest BCUT2D eigenvalue weighted by atomic mass is 9.99. The normalized spacial score (nSPS) is 12.8. The topological polar surface area (TPSA) is 72.4 Å². The summed E-state index contributed by atoms with van der Waals surface area (Å²) in [5.74, 6) is 0.477. The molecule has 1 rings (SSSR count). The first kappa shape index (κ1) is 14.7. The summed E-state index contributed by atoms with van der Waals surface area (Å²) in [4.78, 5) is 13.7. The van der Waals surface area contributed by atoms with Crippen LogP contribution in [-0.2, 0) is 0 Å². The van der Waals surface area contributed by atoms with E-state index in [-0.39, 0.29) is 11.9 Å². The molecule has 0 radical (unpaired) electrons. The van der Waals surface area contributed by atoms with Gasteiger partial charge in [-0.15, -0.1) is 0 Å². The minimum absolute atomic E-state index is 0.0146. The largest absolute Gasteiger partial charge is 0.351 e. The molecule has 5 heteroatoms. The Kier molecular flexibility index (Phi) is 5.34. The summed E-state index contributed by atoms with van der Waals surface area (Å²) >= 11 is 0. The van der Waals surface area contributed by atoms with Crippen LogP contribution >= 0.6 is 0 Å². The van der Waals surface area contributed by atoms with Gasteiger partial charge in [0.2, 0.25) is 5.76 Å². The molecule has 5 nitrogen and oxygen atoms in total. The van der Waals surface area contributed by atoms with Crippen molar-refractivity contribution in [3.05, 3.63) is 17.5 Å². The van der Waals surface area contributed by atoms with E-state index < -0.39 is 0 Å². The number of hydrogen-bond acceptors (Lipinski definition) is 4. The molecule has 0 aliphatic heterocycles. The third-order valence-electron chi connectivity index (χ3n) is 3.47. The van der Waals surface area contributed by atoms with E-state index in [2.05, 4.69) is 19.0 Å². The fraction of sp³-hybridized carbons (Fsp3) is 0.692. The SMILES string of the molecule is CCC(CC)c1cc(C(=O)N(C)C(C)CN)on1. The van der Waals surface area contributed by atoms with Crippen LogP contribution < -0.4 is 5.73 Å². The predicted octanol–water partition coefficient (Wildman–Crippen LogP) is 2.00. The van der Waals surface area contributed by atoms with Gasteiger partial charge in [-0.05, 0) is 19.8 Å². The molecule has 1 atom stereocenters. The van der Waals surface area contributed by atoms with Crippen LogP contribution in [0.25, 0.3) is 0 Å². The summed E-state index contributed by atoms with van der Waals surface area (Å²) in [5, 5.41) is 3.99. The molecule has 0 spiro atoms. The average Bonchev–Trinajstić information content (AvgIpc) is 2.87. The zero-order valence-corrected chi connectivity index (χ0v) is 11.6. The van der Waals surface area contributed by atoms with Crippen molar-refractivity contribution in [2.24, 2.45) is 5.73 Å². The standard InChI is InChI=1S/C13H23N3O2/c1-5-10(6-2)11-7-12(18-15-11)13(17)16(4)9(3)8-14/h7,9-10H,5-6,8,14H2,1-4H3. The molecule has 0 saturated heterocycles. The van der Waals surface area contributed by atoms with Crippen molar-refractivity contribution in [2.45, 2.75) is 45.6 Å². The second-order valence-electron chi connectivity index (χ2n) is 4.63. The van der Waals surface area contributed by atoms with Crippen molar-refractivity contribution in [3.8, 4) is 0 Å². The summed E-state index contributed by atoms with van der Waals surface area (Å²) in [6.07, 6.45) is 1.98. The fourth-order valence-electron chi connectivity index (χ4n) is 1.82. The lowest BCUT2D eigenvalue weighted by Crippen LogP contribution is -2.39. The number of rotatable bonds is 6. The Hall–Kier alpha value is -1.36. The van der Waals surface area contributed by atoms with E-state index in [0.717, 1.165) is 18.5 Å². The molecule has 1 aromatic rings. The average molecular weight is 253 g/mol. The van der Waals surface area contributed by atoms with Gasteiger partial charge in [0.15, 0.2) is 0 Å². The van der Waals surface area contributed by atoms with E-state index >= 15 is 0 Å². The first-order valence-electron chi connectivity index (χ1n) is 6.48. The number of aromatic nitrogens is 1. The molecule has 2 N–H and O–H groups in total. The Morgan fingerprint density at radius 1 is 1.50 bits per heavy atom. The zero-order valence-electron chi connectivity index (χ0n) is 11.6. The van der Waals surface area contributed by atoms with Gasteiger partial charge < -0.3 is 15.2 Å². The molecular formula is C13H23N3O2. The summed E-state index contributed by atoms with van der Waals surface area (Å²) < 4.78 is 5.14. The Balaban J connectivity index is 2.82. The molecule has 0 saturated carbocycles. The third kappa shape index (κ3) is 3.10. The van der Waals surface area contributed by atoms with Gasteiger partial charge in [0, 0.05) is 31.6 Å². The van der Waals surface area contributed by atoms with Crippen LogP contribution in [0.1, 0.15) is 55.8 Å². The summed E-state index contributed by atoms with van der Waals surface area (Å²) in [7, 11) is 1.72. The molecular weight excluding hydrogens is 230 g/mol. The maximum Gasteiger partial charge on any atom is 0.292 e. The first-order chi connectivity index (χ1) is 8.54. The highest BCUT2D eigenvalue weighted by molar-refractivity contribution is 5.91. The smallest absolute Gasteiger partial charge is 0.292 e. The maximum atomic E-state index is 12.1. The highest BCUT2D eigenvalue weighted by Crippen LogP contribution is 2.22. The number of carbonyl (C=O) groups is 1. The van der Waals surface area contributed by atoms with E-state index in [1.54, 1.807) is 18.0 Å². The van der Waals surface area contributed by atoms with E-state index in [1.807, 2.05) is 6.92 Å². The molecule has 102 valence electrons. The van der Waals surface area contributed by atoms with Gasteiger partial charge >= 0.3 is 0 Å². The molecule has 1 amide bonds. The van der Waals surface area contributed by atoms with Gasteiger partial charge in [0.25, 0.3) is 5.91 Å². The lowest BCUT2D eigenvalue weighted by Gasteiger charge is -2.21. The highest BCUT2D eigenvalue weighted by atomic mass is 16.5. The Labute approximate surface area is 108 Å². The molecule has 0 bridgehead atoms. The first-order valence-corrected chi connectivity index (χ1v) is 6.48. The van der Waals surface area contributed by atoms with Crippen LogP contribution in [0.3, 0.4) is 0 Å². The van der Waals surface area contributed by atoms with Crippen molar-refractivity contribution in [2.75, 3.05) is 13.6 Å². The van der Waals surface area contributed by atoms with Gasteiger partial charge in [-0.1, -0.05) is 19.0 Å². The second-order valence-corrected chi connectivity index (χ2v) is 4.63. The van der Waals surface area contributed by atoms with E-state index in [1.165, 1.54) is 0 Å². The van der Waals surface area contributed by atoms with Crippen LogP contribution in [0, 0.1) is 0 Å². The van der Waals surface area contributed by atoms with Gasteiger partial charge in [-0.3, -0.25) is 4.79 Å². The van der Waals surface area contributed by atoms with E-state index in [4.69, 9.17) is 10.3 Å². The van der Waals surface area contributed by atoms with Crippen LogP contribution in [0.15, 0.2) is 10.6 Å². The van der Waals surface area contributed by atoms with E-state index in [9.17, 15) is 4.79 Å². The Morgan fingerprint density at radius 2 is 2.11 bits per heavy atom. The number of amides is 1. The fourth-order valence-corrected chi connectivity index (χ4v) is 1.82. The number of nitrogens with zero attached hydrogens (tertiary/aromatic N) is 2. The molecule has 0 aliphatic carbocycles. The zero-order chi connectivity index (χ0) is 13.7. The maximum absolute atomic E-state index is 12.1. The summed E-state index contributed by atoms with van der Waals surface area (Å²) in [6.45, 7) is 6.53. The monoisotopic (exact) mass is 253 g/mol. The quantitative estimate of drug-likeness (QED) is 0.841. The molecule has 18 heavy (non-hydrogen) atoms. The minimum Gasteiger partial charge on any atom is -0.351 e. The van der Waals surface area contributed by atoms with Gasteiger partial charge in [-0.25, -0.2) is 0 Å². The summed E-state index contributed by atoms with van der Waals surface area (Å²) in [5.41, 5.74) is 6.40. The molecule has 1 heterocycles. The molecule has 1 aromatic heterocycles. The molecule has 0 aromatic carbocycles. The lowest BCUT2D eigenvalue weighted by molar-refractivity contribution is 0.0706. The number of hydrogen-bond donors (Lipinski definition) is 1. The van der Waals surface area contributed by atoms with Crippen molar-refractivity contribution in [3.63, 3.8) is 0 Å².